The Kier molecular flexibility index (Phi) is 2.45. The van der Waals surface area contributed by atoms with Crippen molar-refractivity contribution in [1.82, 2.24) is 0 Å². The summed E-state index contributed by atoms with van der Waals surface area (Å²) >= 11 is 4.67. The van der Waals surface area contributed by atoms with E-state index in [1.165, 1.54) is 0 Å². The van der Waals surface area contributed by atoms with Gasteiger partial charge < -0.3 is 4.89 Å². The predicted molar refractivity (Wildman–Crippen MR) is 37.7 cm³/mol. The van der Waals surface area contributed by atoms with Crippen LogP contribution in [0.4, 0.5) is 0 Å². The molecule has 0 saturated carbocycles. The second kappa shape index (κ2) is 2.25. The Hall–Kier alpha value is 0.610. The van der Waals surface area contributed by atoms with Gasteiger partial charge in [-0.3, -0.25) is 0 Å². The topological polar surface area (TPSA) is 20.2 Å². The van der Waals surface area contributed by atoms with E-state index >= 15 is 0 Å². The molecular formula is C4H11OPS. The molecule has 0 radical (unpaired) electrons. The van der Waals surface area contributed by atoms with Crippen LogP contribution in [0.2, 0.25) is 0 Å². The summed E-state index contributed by atoms with van der Waals surface area (Å²) in [5, 5.41) is -0.0278. The molecule has 0 aliphatic heterocycles. The standard InChI is InChI=1S/C4H11OPS/c1-4(2,3)6(5)7/h6H,1-3H3,(H,5,7). The Morgan fingerprint density at radius 1 is 1.43 bits per heavy atom. The van der Waals surface area contributed by atoms with Crippen LogP contribution in [0.3, 0.4) is 0 Å². The van der Waals surface area contributed by atoms with Gasteiger partial charge in [-0.05, 0) is 0 Å². The fraction of sp³-hybridized carbons (Fsp3) is 1.00. The zero-order valence-corrected chi connectivity index (χ0v) is 6.67. The van der Waals surface area contributed by atoms with E-state index in [4.69, 9.17) is 4.89 Å². The highest BCUT2D eigenvalue weighted by atomic mass is 32.4. The molecule has 0 bridgehead atoms. The van der Waals surface area contributed by atoms with E-state index in [1.807, 2.05) is 20.8 Å². The number of hydrogen-bond donors (Lipinski definition) is 1. The van der Waals surface area contributed by atoms with Crippen LogP contribution in [0.25, 0.3) is 0 Å². The van der Waals surface area contributed by atoms with Gasteiger partial charge in [0, 0.05) is 5.16 Å². The van der Waals surface area contributed by atoms with Crippen molar-refractivity contribution in [1.29, 1.82) is 0 Å². The average Bonchev–Trinajstić information content (AvgIpc) is 1.31. The van der Waals surface area contributed by atoms with E-state index in [9.17, 15) is 0 Å². The third-order valence-electron chi connectivity index (χ3n) is 0.642. The van der Waals surface area contributed by atoms with Crippen molar-refractivity contribution >= 4 is 18.7 Å². The molecule has 1 nitrogen and oxygen atoms in total. The van der Waals surface area contributed by atoms with E-state index in [1.54, 1.807) is 0 Å². The van der Waals surface area contributed by atoms with Crippen molar-refractivity contribution in [2.75, 3.05) is 0 Å². The van der Waals surface area contributed by atoms with E-state index in [2.05, 4.69) is 11.8 Å². The molecular weight excluding hydrogens is 127 g/mol. The van der Waals surface area contributed by atoms with E-state index < -0.39 is 6.92 Å². The smallest absolute Gasteiger partial charge is 0.0571 e. The van der Waals surface area contributed by atoms with Gasteiger partial charge in [-0.2, -0.15) is 0 Å². The molecule has 0 aromatic heterocycles. The van der Waals surface area contributed by atoms with Gasteiger partial charge in [-0.1, -0.05) is 32.6 Å². The van der Waals surface area contributed by atoms with Gasteiger partial charge in [0.15, 0.2) is 0 Å². The molecule has 0 aliphatic rings. The van der Waals surface area contributed by atoms with E-state index in [-0.39, 0.29) is 5.16 Å². The third-order valence-corrected chi connectivity index (χ3v) is 3.76. The predicted octanol–water partition coefficient (Wildman–Crippen LogP) is 1.37. The average molecular weight is 138 g/mol. The fourth-order valence-corrected chi connectivity index (χ4v) is 0. The first-order valence-corrected chi connectivity index (χ1v) is 4.76. The first kappa shape index (κ1) is 7.61. The van der Waals surface area contributed by atoms with Gasteiger partial charge in [0.1, 0.15) is 0 Å². The van der Waals surface area contributed by atoms with Crippen LogP contribution >= 0.6 is 6.92 Å². The molecule has 0 fully saturated rings. The molecule has 1 N–H and O–H groups in total. The first-order chi connectivity index (χ1) is 2.94. The van der Waals surface area contributed by atoms with Crippen molar-refractivity contribution in [2.45, 2.75) is 25.9 Å². The van der Waals surface area contributed by atoms with Gasteiger partial charge in [-0.15, -0.1) is 0 Å². The minimum absolute atomic E-state index is 0.0278. The van der Waals surface area contributed by atoms with Gasteiger partial charge >= 0.3 is 0 Å². The molecule has 0 heterocycles. The second-order valence-corrected chi connectivity index (χ2v) is 5.83. The molecule has 0 saturated heterocycles. The zero-order valence-electron chi connectivity index (χ0n) is 4.86. The maximum absolute atomic E-state index is 8.81. The summed E-state index contributed by atoms with van der Waals surface area (Å²) < 4.78 is 0. The molecule has 0 aliphatic carbocycles. The Labute approximate surface area is 50.3 Å². The van der Waals surface area contributed by atoms with Gasteiger partial charge in [0.2, 0.25) is 0 Å². The van der Waals surface area contributed by atoms with Gasteiger partial charge in [0.25, 0.3) is 0 Å². The van der Waals surface area contributed by atoms with Crippen LogP contribution in [0.15, 0.2) is 0 Å². The molecule has 0 amide bonds. The lowest BCUT2D eigenvalue weighted by Crippen LogP contribution is -2.05. The van der Waals surface area contributed by atoms with Gasteiger partial charge in [-0.25, -0.2) is 0 Å². The normalized spacial score (nSPS) is 16.6. The van der Waals surface area contributed by atoms with E-state index in [0.717, 1.165) is 0 Å². The van der Waals surface area contributed by atoms with Crippen LogP contribution < -0.4 is 0 Å². The maximum atomic E-state index is 8.81. The quantitative estimate of drug-likeness (QED) is 0.510. The lowest BCUT2D eigenvalue weighted by molar-refractivity contribution is 0.599. The Morgan fingerprint density at radius 3 is 1.57 bits per heavy atom. The van der Waals surface area contributed by atoms with Crippen LogP contribution in [0.1, 0.15) is 20.8 Å². The molecule has 1 atom stereocenters. The summed E-state index contributed by atoms with van der Waals surface area (Å²) in [6, 6.07) is 0. The van der Waals surface area contributed by atoms with Crippen LogP contribution in [-0.2, 0) is 11.8 Å². The van der Waals surface area contributed by atoms with Crippen molar-refractivity contribution in [3.05, 3.63) is 0 Å². The molecule has 0 spiro atoms. The minimum atomic E-state index is -1.47. The lowest BCUT2D eigenvalue weighted by atomic mass is 10.3. The molecule has 0 aromatic rings. The van der Waals surface area contributed by atoms with Crippen molar-refractivity contribution < 1.29 is 4.89 Å². The molecule has 0 rings (SSSR count). The van der Waals surface area contributed by atoms with Crippen LogP contribution in [-0.4, -0.2) is 10.0 Å². The molecule has 44 valence electrons. The van der Waals surface area contributed by atoms with Crippen LogP contribution in [0.5, 0.6) is 0 Å². The Morgan fingerprint density at radius 2 is 1.57 bits per heavy atom. The molecule has 3 heteroatoms. The number of hydrogen-bond acceptors (Lipinski definition) is 1. The summed E-state index contributed by atoms with van der Waals surface area (Å²) in [5.41, 5.74) is 0. The summed E-state index contributed by atoms with van der Waals surface area (Å²) in [4.78, 5) is 8.81. The first-order valence-electron chi connectivity index (χ1n) is 2.18. The fourth-order valence-electron chi connectivity index (χ4n) is 0. The monoisotopic (exact) mass is 138 g/mol. The minimum Gasteiger partial charge on any atom is -0.368 e. The summed E-state index contributed by atoms with van der Waals surface area (Å²) in [7, 11) is 0. The van der Waals surface area contributed by atoms with Crippen molar-refractivity contribution in [3.63, 3.8) is 0 Å². The molecule has 0 aromatic carbocycles. The summed E-state index contributed by atoms with van der Waals surface area (Å²) in [6.45, 7) is 4.39. The highest BCUT2D eigenvalue weighted by Crippen LogP contribution is 2.33. The van der Waals surface area contributed by atoms with Crippen LogP contribution in [0, 0.1) is 0 Å². The summed E-state index contributed by atoms with van der Waals surface area (Å²) in [5.74, 6) is 0. The Bertz CT molecular complexity index is 84.2. The SMILES string of the molecule is CC(C)(C)[PH](O)=S. The van der Waals surface area contributed by atoms with Crippen molar-refractivity contribution in [2.24, 2.45) is 0 Å². The largest absolute Gasteiger partial charge is 0.368 e. The van der Waals surface area contributed by atoms with Crippen molar-refractivity contribution in [3.8, 4) is 0 Å². The highest BCUT2D eigenvalue weighted by molar-refractivity contribution is 8.03. The molecule has 7 heavy (non-hydrogen) atoms. The van der Waals surface area contributed by atoms with Gasteiger partial charge in [0.05, 0.1) is 6.92 Å². The number of rotatable bonds is 0. The Balaban J connectivity index is 3.79. The second-order valence-electron chi connectivity index (χ2n) is 2.56. The molecule has 1 unspecified atom stereocenters. The zero-order chi connectivity index (χ0) is 6.08. The van der Waals surface area contributed by atoms with E-state index in [0.29, 0.717) is 0 Å². The lowest BCUT2D eigenvalue weighted by Gasteiger charge is -2.14. The highest BCUT2D eigenvalue weighted by Gasteiger charge is 2.11. The third kappa shape index (κ3) is 3.22. The summed E-state index contributed by atoms with van der Waals surface area (Å²) in [6.07, 6.45) is 0. The maximum Gasteiger partial charge on any atom is 0.0571 e.